The first-order valence-corrected chi connectivity index (χ1v) is 11.3. The first-order valence-electron chi connectivity index (χ1n) is 11.3. The highest BCUT2D eigenvalue weighted by Gasteiger charge is 2.47. The molecule has 3 aromatic rings. The lowest BCUT2D eigenvalue weighted by Crippen LogP contribution is -2.56. The summed E-state index contributed by atoms with van der Waals surface area (Å²) < 4.78 is 75.1. The number of anilines is 1. The van der Waals surface area contributed by atoms with Crippen molar-refractivity contribution in [2.45, 2.75) is 24.7 Å². The average Bonchev–Trinajstić information content (AvgIpc) is 3.15. The number of fused-ring (bicyclic) bond motifs is 1. The number of likely N-dealkylation sites (tertiary alicyclic amines) is 1. The highest BCUT2D eigenvalue weighted by Crippen LogP contribution is 2.35. The Bertz CT molecular complexity index is 1370. The number of hydrogen-bond acceptors (Lipinski definition) is 6. The maximum Gasteiger partial charge on any atom is 0.411 e. The number of nitrogens with zero attached hydrogens (tertiary/aromatic N) is 5. The molecule has 0 unspecified atom stereocenters. The number of morpholine rings is 1. The van der Waals surface area contributed by atoms with E-state index in [1.54, 1.807) is 0 Å². The minimum Gasteiger partial charge on any atom is -0.384 e. The fourth-order valence-corrected chi connectivity index (χ4v) is 4.63. The number of carbonyl (C=O) groups excluding carboxylic acids is 2. The lowest BCUT2D eigenvalue weighted by Gasteiger charge is -2.38. The predicted molar refractivity (Wildman–Crippen MR) is 119 cm³/mol. The topological polar surface area (TPSA) is 107 Å². The Hall–Kier alpha value is -3.81. The van der Waals surface area contributed by atoms with E-state index in [-0.39, 0.29) is 54.6 Å². The summed E-state index contributed by atoms with van der Waals surface area (Å²) in [7, 11) is 0. The number of alkyl halides is 3. The van der Waals surface area contributed by atoms with Crippen molar-refractivity contribution in [3.63, 3.8) is 0 Å². The molecule has 0 aliphatic carbocycles. The van der Waals surface area contributed by atoms with Gasteiger partial charge < -0.3 is 20.3 Å². The molecule has 196 valence electrons. The Labute approximate surface area is 206 Å². The number of nitrogens with two attached hydrogens (primary N) is 1. The molecule has 2 aliphatic heterocycles. The van der Waals surface area contributed by atoms with E-state index in [1.807, 2.05) is 0 Å². The first-order chi connectivity index (χ1) is 17.5. The third kappa shape index (κ3) is 4.68. The van der Waals surface area contributed by atoms with Gasteiger partial charge in [-0.15, -0.1) is 0 Å². The minimum absolute atomic E-state index is 0.0474. The fraction of sp³-hybridized carbons (Fsp3) is 0.391. The van der Waals surface area contributed by atoms with Crippen LogP contribution in [0.25, 0.3) is 10.9 Å². The number of hydrogen-bond donors (Lipinski definition) is 1. The summed E-state index contributed by atoms with van der Waals surface area (Å²) in [6.45, 7) is -1.37. The third-order valence-electron chi connectivity index (χ3n) is 6.49. The Morgan fingerprint density at radius 1 is 1.16 bits per heavy atom. The lowest BCUT2D eigenvalue weighted by molar-refractivity contribution is -0.213. The number of benzene rings is 1. The van der Waals surface area contributed by atoms with Gasteiger partial charge in [0.2, 0.25) is 5.91 Å². The highest BCUT2D eigenvalue weighted by atomic mass is 19.4. The van der Waals surface area contributed by atoms with Crippen LogP contribution in [0.2, 0.25) is 0 Å². The molecule has 9 nitrogen and oxygen atoms in total. The van der Waals surface area contributed by atoms with E-state index < -0.39 is 48.8 Å². The van der Waals surface area contributed by atoms with Gasteiger partial charge in [-0.2, -0.15) is 18.3 Å². The van der Waals surface area contributed by atoms with E-state index in [2.05, 4.69) is 10.1 Å². The van der Waals surface area contributed by atoms with E-state index in [9.17, 15) is 31.5 Å². The van der Waals surface area contributed by atoms with Gasteiger partial charge >= 0.3 is 6.18 Å². The van der Waals surface area contributed by atoms with Crippen LogP contribution in [0.4, 0.5) is 27.8 Å². The smallest absolute Gasteiger partial charge is 0.384 e. The standard InChI is InChI=1S/C23H21F5N6O3/c24-14-6-15(25)20-16(7-14)34(10-19(35)33-3-4-37-11-17(33)23(26,27)28)31-21(20)13-8-32(9-13)22(36)12-1-2-30-18(29)5-12/h1-2,5-7,13,17H,3-4,8-11H2,(H2,29,30)/t17-/m0/s1. The van der Waals surface area contributed by atoms with Crippen molar-refractivity contribution in [3.8, 4) is 0 Å². The van der Waals surface area contributed by atoms with Gasteiger partial charge in [0.15, 0.2) is 6.04 Å². The molecule has 2 aromatic heterocycles. The summed E-state index contributed by atoms with van der Waals surface area (Å²) in [5.41, 5.74) is 6.07. The summed E-state index contributed by atoms with van der Waals surface area (Å²) in [4.78, 5) is 31.6. The first kappa shape index (κ1) is 24.9. The van der Waals surface area contributed by atoms with Crippen LogP contribution in [0.3, 0.4) is 0 Å². The van der Waals surface area contributed by atoms with Crippen molar-refractivity contribution < 1.29 is 36.3 Å². The Balaban J connectivity index is 1.41. The fourth-order valence-electron chi connectivity index (χ4n) is 4.63. The van der Waals surface area contributed by atoms with E-state index in [4.69, 9.17) is 10.5 Å². The molecule has 2 N–H and O–H groups in total. The molecule has 1 aromatic carbocycles. The summed E-state index contributed by atoms with van der Waals surface area (Å²) >= 11 is 0. The third-order valence-corrected chi connectivity index (χ3v) is 6.49. The highest BCUT2D eigenvalue weighted by molar-refractivity contribution is 5.95. The quantitative estimate of drug-likeness (QED) is 0.526. The Kier molecular flexibility index (Phi) is 6.22. The van der Waals surface area contributed by atoms with Crippen LogP contribution in [0.15, 0.2) is 30.5 Å². The van der Waals surface area contributed by atoms with E-state index in [0.29, 0.717) is 16.5 Å². The normalized spacial score (nSPS) is 18.8. The van der Waals surface area contributed by atoms with E-state index in [0.717, 1.165) is 10.7 Å². The van der Waals surface area contributed by atoms with Crippen LogP contribution in [0.1, 0.15) is 22.0 Å². The predicted octanol–water partition coefficient (Wildman–Crippen LogP) is 2.32. The second-order valence-electron chi connectivity index (χ2n) is 8.92. The SMILES string of the molecule is Nc1cc(C(=O)N2CC(c3nn(CC(=O)N4CCOC[C@H]4C(F)(F)F)c4cc(F)cc(F)c34)C2)ccn1. The number of aromatic nitrogens is 3. The Morgan fingerprint density at radius 3 is 2.62 bits per heavy atom. The van der Waals surface area contributed by atoms with Gasteiger partial charge in [-0.25, -0.2) is 13.8 Å². The molecule has 0 bridgehead atoms. The van der Waals surface area contributed by atoms with Gasteiger partial charge in [0.25, 0.3) is 5.91 Å². The number of carbonyl (C=O) groups is 2. The molecule has 0 radical (unpaired) electrons. The zero-order valence-corrected chi connectivity index (χ0v) is 19.2. The number of amides is 2. The van der Waals surface area contributed by atoms with Gasteiger partial charge in [-0.1, -0.05) is 0 Å². The molecule has 4 heterocycles. The number of halogens is 5. The largest absolute Gasteiger partial charge is 0.411 e. The molecule has 2 amide bonds. The Morgan fingerprint density at radius 2 is 1.92 bits per heavy atom. The molecular formula is C23H21F5N6O3. The van der Waals surface area contributed by atoms with Crippen LogP contribution in [0, 0.1) is 11.6 Å². The number of pyridine rings is 1. The number of ether oxygens (including phenoxy) is 1. The summed E-state index contributed by atoms with van der Waals surface area (Å²) in [6, 6.07) is 2.45. The van der Waals surface area contributed by atoms with Crippen molar-refractivity contribution in [1.29, 1.82) is 0 Å². The van der Waals surface area contributed by atoms with Crippen molar-refractivity contribution in [2.24, 2.45) is 0 Å². The zero-order chi connectivity index (χ0) is 26.5. The zero-order valence-electron chi connectivity index (χ0n) is 19.2. The van der Waals surface area contributed by atoms with E-state index >= 15 is 0 Å². The van der Waals surface area contributed by atoms with Crippen LogP contribution in [0.5, 0.6) is 0 Å². The maximum atomic E-state index is 14.9. The van der Waals surface area contributed by atoms with Gasteiger partial charge in [0.05, 0.1) is 29.8 Å². The number of rotatable bonds is 4. The van der Waals surface area contributed by atoms with Gasteiger partial charge in [-0.3, -0.25) is 14.3 Å². The van der Waals surface area contributed by atoms with Crippen molar-refractivity contribution >= 4 is 28.5 Å². The molecule has 5 rings (SSSR count). The van der Waals surface area contributed by atoms with Gasteiger partial charge in [-0.05, 0) is 12.1 Å². The molecule has 0 saturated carbocycles. The van der Waals surface area contributed by atoms with Crippen LogP contribution in [-0.2, 0) is 16.1 Å². The molecule has 37 heavy (non-hydrogen) atoms. The minimum atomic E-state index is -4.70. The van der Waals surface area contributed by atoms with Crippen molar-refractivity contribution in [3.05, 3.63) is 53.4 Å². The molecule has 2 fully saturated rings. The molecular weight excluding hydrogens is 503 g/mol. The van der Waals surface area contributed by atoms with Gasteiger partial charge in [0, 0.05) is 49.4 Å². The second kappa shape index (κ2) is 9.25. The average molecular weight is 524 g/mol. The second-order valence-corrected chi connectivity index (χ2v) is 8.92. The summed E-state index contributed by atoms with van der Waals surface area (Å²) in [5.74, 6) is -3.34. The molecule has 1 atom stereocenters. The molecule has 2 saturated heterocycles. The van der Waals surface area contributed by atoms with Crippen molar-refractivity contribution in [2.75, 3.05) is 38.6 Å². The maximum absolute atomic E-state index is 14.9. The molecule has 0 spiro atoms. The van der Waals surface area contributed by atoms with Gasteiger partial charge in [0.1, 0.15) is 24.0 Å². The van der Waals surface area contributed by atoms with Crippen LogP contribution >= 0.6 is 0 Å². The monoisotopic (exact) mass is 524 g/mol. The lowest BCUT2D eigenvalue weighted by atomic mass is 9.93. The summed E-state index contributed by atoms with van der Waals surface area (Å²) in [5, 5.41) is 4.25. The van der Waals surface area contributed by atoms with E-state index in [1.165, 1.54) is 23.2 Å². The molecule has 2 aliphatic rings. The summed E-state index contributed by atoms with van der Waals surface area (Å²) in [6.07, 6.45) is -3.30. The van der Waals surface area contributed by atoms with Crippen LogP contribution < -0.4 is 5.73 Å². The van der Waals surface area contributed by atoms with Crippen molar-refractivity contribution in [1.82, 2.24) is 24.6 Å². The van der Waals surface area contributed by atoms with Crippen LogP contribution in [-0.4, -0.2) is 81.4 Å². The number of nitrogen functional groups attached to an aromatic ring is 1. The molecule has 14 heteroatoms.